The minimum Gasteiger partial charge on any atom is -0.481 e. The summed E-state index contributed by atoms with van der Waals surface area (Å²) in [5, 5.41) is 8.78. The lowest BCUT2D eigenvalue weighted by Gasteiger charge is -2.19. The van der Waals surface area contributed by atoms with Crippen LogP contribution in [0.15, 0.2) is 0 Å². The maximum absolute atomic E-state index is 12.0. The number of rotatable bonds is 5. The highest BCUT2D eigenvalue weighted by Gasteiger charge is 2.28. The van der Waals surface area contributed by atoms with Crippen LogP contribution in [0.5, 0.6) is 0 Å². The molecule has 0 aromatic carbocycles. The van der Waals surface area contributed by atoms with E-state index < -0.39 is 5.97 Å². The van der Waals surface area contributed by atoms with E-state index in [4.69, 9.17) is 5.11 Å². The van der Waals surface area contributed by atoms with Crippen LogP contribution in [0.3, 0.4) is 0 Å². The Hall–Kier alpha value is -1.24. The van der Waals surface area contributed by atoms with Crippen LogP contribution in [-0.4, -0.2) is 64.0 Å². The Morgan fingerprint density at radius 1 is 1.37 bits per heavy atom. The van der Waals surface area contributed by atoms with Crippen molar-refractivity contribution >= 4 is 28.9 Å². The Morgan fingerprint density at radius 2 is 2.16 bits per heavy atom. The Balaban J connectivity index is 1.72. The lowest BCUT2D eigenvalue weighted by Crippen LogP contribution is -2.33. The molecule has 106 valence electrons. The number of carbonyl (C=O) groups excluding carboxylic acids is 2. The quantitative estimate of drug-likeness (QED) is 0.811. The summed E-state index contributed by atoms with van der Waals surface area (Å²) in [6.45, 7) is 2.37. The number of hydrogen-bond donors (Lipinski definition) is 1. The van der Waals surface area contributed by atoms with Gasteiger partial charge in [-0.05, 0) is 12.3 Å². The SMILES string of the molecule is O=C(O)CC1CCN(C(=O)CCN2CCSC2=O)C1. The maximum atomic E-state index is 12.0. The Kier molecular flexibility index (Phi) is 4.68. The van der Waals surface area contributed by atoms with Crippen LogP contribution in [-0.2, 0) is 9.59 Å². The van der Waals surface area contributed by atoms with Gasteiger partial charge in [0.05, 0.1) is 0 Å². The fourth-order valence-electron chi connectivity index (χ4n) is 2.49. The summed E-state index contributed by atoms with van der Waals surface area (Å²) in [4.78, 5) is 37.4. The predicted octanol–water partition coefficient (Wildman–Crippen LogP) is 0.869. The van der Waals surface area contributed by atoms with Crippen molar-refractivity contribution in [3.63, 3.8) is 0 Å². The number of likely N-dealkylation sites (tertiary alicyclic amines) is 1. The molecule has 2 rings (SSSR count). The third-order valence-electron chi connectivity index (χ3n) is 3.54. The maximum Gasteiger partial charge on any atom is 0.303 e. The van der Waals surface area contributed by atoms with Crippen LogP contribution >= 0.6 is 11.8 Å². The predicted molar refractivity (Wildman–Crippen MR) is 71.0 cm³/mol. The summed E-state index contributed by atoms with van der Waals surface area (Å²) >= 11 is 1.29. The third kappa shape index (κ3) is 3.86. The molecule has 0 radical (unpaired) electrons. The number of hydrogen-bond acceptors (Lipinski definition) is 4. The summed E-state index contributed by atoms with van der Waals surface area (Å²) in [5.41, 5.74) is 0. The molecular formula is C12H18N2O4S. The zero-order chi connectivity index (χ0) is 13.8. The molecule has 2 heterocycles. The number of carboxylic acids is 1. The number of carbonyl (C=O) groups is 3. The number of amides is 2. The first-order chi connectivity index (χ1) is 9.06. The molecule has 1 N–H and O–H groups in total. The average molecular weight is 286 g/mol. The van der Waals surface area contributed by atoms with Crippen LogP contribution in [0.2, 0.25) is 0 Å². The van der Waals surface area contributed by atoms with E-state index in [1.54, 1.807) is 9.80 Å². The van der Waals surface area contributed by atoms with Crippen molar-refractivity contribution < 1.29 is 19.5 Å². The standard InChI is InChI=1S/C12H18N2O4S/c15-10(2-4-13-5-6-19-12(13)18)14-3-1-9(8-14)7-11(16)17/h9H,1-8H2,(H,16,17). The highest BCUT2D eigenvalue weighted by molar-refractivity contribution is 8.13. The van der Waals surface area contributed by atoms with Gasteiger partial charge < -0.3 is 14.9 Å². The second-order valence-corrected chi connectivity index (χ2v) is 5.99. The molecule has 1 unspecified atom stereocenters. The van der Waals surface area contributed by atoms with E-state index in [9.17, 15) is 14.4 Å². The van der Waals surface area contributed by atoms with Gasteiger partial charge in [0.1, 0.15) is 0 Å². The summed E-state index contributed by atoms with van der Waals surface area (Å²) in [5.74, 6) is 0.0965. The molecule has 2 saturated heterocycles. The summed E-state index contributed by atoms with van der Waals surface area (Å²) in [6.07, 6.45) is 1.23. The second kappa shape index (κ2) is 6.27. The Bertz CT molecular complexity index is 388. The van der Waals surface area contributed by atoms with Crippen molar-refractivity contribution in [1.29, 1.82) is 0 Å². The topological polar surface area (TPSA) is 77.9 Å². The molecule has 1 atom stereocenters. The van der Waals surface area contributed by atoms with Gasteiger partial charge in [0, 0.05) is 44.8 Å². The number of nitrogens with zero attached hydrogens (tertiary/aromatic N) is 2. The zero-order valence-electron chi connectivity index (χ0n) is 10.7. The van der Waals surface area contributed by atoms with E-state index in [0.29, 0.717) is 26.1 Å². The Labute approximate surface area is 116 Å². The van der Waals surface area contributed by atoms with Gasteiger partial charge in [-0.15, -0.1) is 0 Å². The van der Waals surface area contributed by atoms with Crippen molar-refractivity contribution in [2.24, 2.45) is 5.92 Å². The number of thioether (sulfide) groups is 1. The highest BCUT2D eigenvalue weighted by Crippen LogP contribution is 2.21. The molecule has 19 heavy (non-hydrogen) atoms. The molecule has 0 aliphatic carbocycles. The zero-order valence-corrected chi connectivity index (χ0v) is 11.5. The molecule has 2 amide bonds. The van der Waals surface area contributed by atoms with Crippen LogP contribution in [0.1, 0.15) is 19.3 Å². The molecule has 0 aromatic rings. The minimum atomic E-state index is -0.806. The first kappa shape index (κ1) is 14.2. The molecule has 7 heteroatoms. The highest BCUT2D eigenvalue weighted by atomic mass is 32.2. The number of carboxylic acid groups (broad SMARTS) is 1. The van der Waals surface area contributed by atoms with Gasteiger partial charge in [-0.1, -0.05) is 11.8 Å². The van der Waals surface area contributed by atoms with Crippen LogP contribution in [0.25, 0.3) is 0 Å². The smallest absolute Gasteiger partial charge is 0.303 e. The van der Waals surface area contributed by atoms with Gasteiger partial charge in [0.15, 0.2) is 0 Å². The molecule has 0 spiro atoms. The molecule has 0 aromatic heterocycles. The van der Waals surface area contributed by atoms with Gasteiger partial charge in [-0.2, -0.15) is 0 Å². The van der Waals surface area contributed by atoms with Crippen LogP contribution in [0, 0.1) is 5.92 Å². The second-order valence-electron chi connectivity index (χ2n) is 4.94. The van der Waals surface area contributed by atoms with E-state index in [-0.39, 0.29) is 23.5 Å². The molecule has 6 nitrogen and oxygen atoms in total. The molecule has 0 saturated carbocycles. The molecular weight excluding hydrogens is 268 g/mol. The van der Waals surface area contributed by atoms with Crippen molar-refractivity contribution in [1.82, 2.24) is 9.80 Å². The van der Waals surface area contributed by atoms with Crippen LogP contribution in [0.4, 0.5) is 4.79 Å². The van der Waals surface area contributed by atoms with Gasteiger partial charge in [-0.25, -0.2) is 0 Å². The van der Waals surface area contributed by atoms with Crippen molar-refractivity contribution in [2.75, 3.05) is 31.9 Å². The lowest BCUT2D eigenvalue weighted by atomic mass is 10.1. The molecule has 2 aliphatic rings. The van der Waals surface area contributed by atoms with E-state index in [1.165, 1.54) is 11.8 Å². The third-order valence-corrected chi connectivity index (χ3v) is 4.43. The van der Waals surface area contributed by atoms with E-state index >= 15 is 0 Å². The van der Waals surface area contributed by atoms with Gasteiger partial charge in [0.25, 0.3) is 5.24 Å². The average Bonchev–Trinajstić information content (AvgIpc) is 2.95. The minimum absolute atomic E-state index is 0.0255. The van der Waals surface area contributed by atoms with Crippen molar-refractivity contribution in [2.45, 2.75) is 19.3 Å². The van der Waals surface area contributed by atoms with Crippen molar-refractivity contribution in [3.05, 3.63) is 0 Å². The summed E-state index contributed by atoms with van der Waals surface area (Å²) < 4.78 is 0. The van der Waals surface area contributed by atoms with Gasteiger partial charge >= 0.3 is 5.97 Å². The molecule has 2 aliphatic heterocycles. The largest absolute Gasteiger partial charge is 0.481 e. The first-order valence-corrected chi connectivity index (χ1v) is 7.46. The summed E-state index contributed by atoms with van der Waals surface area (Å²) in [6, 6.07) is 0. The Morgan fingerprint density at radius 3 is 2.79 bits per heavy atom. The van der Waals surface area contributed by atoms with E-state index in [0.717, 1.165) is 18.7 Å². The van der Waals surface area contributed by atoms with Gasteiger partial charge in [0.2, 0.25) is 5.91 Å². The van der Waals surface area contributed by atoms with Crippen molar-refractivity contribution in [3.8, 4) is 0 Å². The normalized spacial score (nSPS) is 23.2. The van der Waals surface area contributed by atoms with E-state index in [1.807, 2.05) is 0 Å². The summed E-state index contributed by atoms with van der Waals surface area (Å²) in [7, 11) is 0. The lowest BCUT2D eigenvalue weighted by molar-refractivity contribution is -0.138. The monoisotopic (exact) mass is 286 g/mol. The first-order valence-electron chi connectivity index (χ1n) is 6.47. The van der Waals surface area contributed by atoms with Gasteiger partial charge in [-0.3, -0.25) is 14.4 Å². The van der Waals surface area contributed by atoms with Crippen LogP contribution < -0.4 is 0 Å². The fourth-order valence-corrected chi connectivity index (χ4v) is 3.34. The van der Waals surface area contributed by atoms with E-state index in [2.05, 4.69) is 0 Å². The molecule has 0 bridgehead atoms. The molecule has 2 fully saturated rings. The fraction of sp³-hybridized carbons (Fsp3) is 0.750. The number of aliphatic carboxylic acids is 1.